The van der Waals surface area contributed by atoms with Gasteiger partial charge in [0.05, 0.1) is 6.04 Å². The van der Waals surface area contributed by atoms with E-state index in [1.165, 1.54) is 19.3 Å². The highest BCUT2D eigenvalue weighted by Gasteiger charge is 2.15. The molecule has 1 unspecified atom stereocenters. The zero-order valence-corrected chi connectivity index (χ0v) is 10.6. The van der Waals surface area contributed by atoms with Gasteiger partial charge in [-0.05, 0) is 47.8 Å². The van der Waals surface area contributed by atoms with Crippen molar-refractivity contribution in [2.45, 2.75) is 32.2 Å². The van der Waals surface area contributed by atoms with Crippen molar-refractivity contribution >= 4 is 15.9 Å². The first-order chi connectivity index (χ1) is 7.25. The van der Waals surface area contributed by atoms with Gasteiger partial charge in [-0.3, -0.25) is 0 Å². The Kier molecular flexibility index (Phi) is 3.83. The van der Waals surface area contributed by atoms with Crippen LogP contribution in [-0.2, 0) is 0 Å². The summed E-state index contributed by atoms with van der Waals surface area (Å²) in [6.07, 6.45) is 3.95. The average molecular weight is 273 g/mol. The largest absolute Gasteiger partial charge is 0.453 e. The minimum atomic E-state index is 0.245. The molecule has 1 aromatic heterocycles. The summed E-state index contributed by atoms with van der Waals surface area (Å²) in [5.41, 5.74) is 3.47. The number of hydrogen-bond acceptors (Lipinski definition) is 3. The van der Waals surface area contributed by atoms with E-state index in [1.807, 2.05) is 12.1 Å². The Morgan fingerprint density at radius 1 is 1.33 bits per heavy atom. The minimum Gasteiger partial charge on any atom is -0.453 e. The van der Waals surface area contributed by atoms with Crippen LogP contribution in [0.3, 0.4) is 0 Å². The van der Waals surface area contributed by atoms with E-state index in [0.717, 1.165) is 23.5 Å². The fourth-order valence-electron chi connectivity index (χ4n) is 1.92. The molecule has 0 saturated carbocycles. The summed E-state index contributed by atoms with van der Waals surface area (Å²) in [4.78, 5) is 0. The summed E-state index contributed by atoms with van der Waals surface area (Å²) in [7, 11) is 0. The van der Waals surface area contributed by atoms with Crippen LogP contribution in [0.5, 0.6) is 0 Å². The van der Waals surface area contributed by atoms with Crippen LogP contribution in [0.1, 0.15) is 38.0 Å². The maximum Gasteiger partial charge on any atom is 0.169 e. The number of piperidine rings is 1. The lowest BCUT2D eigenvalue weighted by atomic mass is 10.1. The monoisotopic (exact) mass is 272 g/mol. The maximum atomic E-state index is 5.51. The summed E-state index contributed by atoms with van der Waals surface area (Å²) in [5.74, 6) is 0.979. The minimum absolute atomic E-state index is 0.245. The summed E-state index contributed by atoms with van der Waals surface area (Å²) in [5, 5.41) is 2.30. The molecule has 0 amide bonds. The van der Waals surface area contributed by atoms with E-state index in [0.29, 0.717) is 0 Å². The van der Waals surface area contributed by atoms with E-state index < -0.39 is 0 Å². The van der Waals surface area contributed by atoms with Crippen molar-refractivity contribution in [1.29, 1.82) is 0 Å². The topological polar surface area (TPSA) is 28.4 Å². The molecule has 4 heteroatoms. The number of hydrazine groups is 1. The first-order valence-corrected chi connectivity index (χ1v) is 6.31. The lowest BCUT2D eigenvalue weighted by molar-refractivity contribution is 0.126. The molecule has 2 rings (SSSR count). The Morgan fingerprint density at radius 3 is 2.67 bits per heavy atom. The zero-order valence-electron chi connectivity index (χ0n) is 9.00. The molecule has 0 aliphatic carbocycles. The molecule has 1 saturated heterocycles. The van der Waals surface area contributed by atoms with Crippen molar-refractivity contribution in [1.82, 2.24) is 10.4 Å². The van der Waals surface area contributed by atoms with Crippen molar-refractivity contribution < 1.29 is 4.42 Å². The van der Waals surface area contributed by atoms with Gasteiger partial charge in [0.15, 0.2) is 4.67 Å². The standard InChI is InChI=1S/C11H17BrN2O/c1-9(10-5-6-11(12)15-10)13-14-7-3-2-4-8-14/h5-6,9,13H,2-4,7-8H2,1H3. The number of halogens is 1. The first-order valence-electron chi connectivity index (χ1n) is 5.52. The summed E-state index contributed by atoms with van der Waals surface area (Å²) < 4.78 is 6.31. The van der Waals surface area contributed by atoms with Gasteiger partial charge in [-0.15, -0.1) is 0 Å². The van der Waals surface area contributed by atoms with E-state index in [2.05, 4.69) is 33.3 Å². The molecular formula is C11H17BrN2O. The van der Waals surface area contributed by atoms with E-state index >= 15 is 0 Å². The van der Waals surface area contributed by atoms with E-state index in [4.69, 9.17) is 4.42 Å². The van der Waals surface area contributed by atoms with Crippen molar-refractivity contribution in [3.8, 4) is 0 Å². The molecule has 1 aliphatic rings. The van der Waals surface area contributed by atoms with Gasteiger partial charge in [0.25, 0.3) is 0 Å². The quantitative estimate of drug-likeness (QED) is 0.917. The average Bonchev–Trinajstić information content (AvgIpc) is 2.66. The van der Waals surface area contributed by atoms with Crippen LogP contribution in [-0.4, -0.2) is 18.1 Å². The van der Waals surface area contributed by atoms with Crippen LogP contribution >= 0.6 is 15.9 Å². The lowest BCUT2D eigenvalue weighted by Crippen LogP contribution is -2.42. The number of rotatable bonds is 3. The normalized spacial score (nSPS) is 20.4. The summed E-state index contributed by atoms with van der Waals surface area (Å²) >= 11 is 3.32. The molecule has 0 bridgehead atoms. The predicted octanol–water partition coefficient (Wildman–Crippen LogP) is 3.09. The summed E-state index contributed by atoms with van der Waals surface area (Å²) in [6, 6.07) is 4.18. The highest BCUT2D eigenvalue weighted by atomic mass is 79.9. The lowest BCUT2D eigenvalue weighted by Gasteiger charge is -2.29. The Morgan fingerprint density at radius 2 is 2.07 bits per heavy atom. The van der Waals surface area contributed by atoms with Gasteiger partial charge >= 0.3 is 0 Å². The fourth-order valence-corrected chi connectivity index (χ4v) is 2.24. The smallest absolute Gasteiger partial charge is 0.169 e. The molecular weight excluding hydrogens is 256 g/mol. The molecule has 1 aromatic rings. The Hall–Kier alpha value is -0.320. The maximum absolute atomic E-state index is 5.51. The van der Waals surface area contributed by atoms with Gasteiger partial charge in [-0.25, -0.2) is 10.4 Å². The third kappa shape index (κ3) is 3.06. The molecule has 1 N–H and O–H groups in total. The molecule has 1 fully saturated rings. The number of hydrogen-bond donors (Lipinski definition) is 1. The van der Waals surface area contributed by atoms with Gasteiger partial charge in [-0.1, -0.05) is 6.42 Å². The fraction of sp³-hybridized carbons (Fsp3) is 0.636. The molecule has 0 aromatic carbocycles. The van der Waals surface area contributed by atoms with Gasteiger partial charge in [-0.2, -0.15) is 0 Å². The number of nitrogens with one attached hydrogen (secondary N) is 1. The van der Waals surface area contributed by atoms with Gasteiger partial charge in [0.2, 0.25) is 0 Å². The van der Waals surface area contributed by atoms with Crippen LogP contribution < -0.4 is 5.43 Å². The van der Waals surface area contributed by atoms with E-state index in [1.54, 1.807) is 0 Å². The summed E-state index contributed by atoms with van der Waals surface area (Å²) in [6.45, 7) is 4.41. The number of furan rings is 1. The van der Waals surface area contributed by atoms with E-state index in [9.17, 15) is 0 Å². The molecule has 1 atom stereocenters. The SMILES string of the molecule is CC(NN1CCCCC1)c1ccc(Br)o1. The predicted molar refractivity (Wildman–Crippen MR) is 63.4 cm³/mol. The number of nitrogens with zero attached hydrogens (tertiary/aromatic N) is 1. The van der Waals surface area contributed by atoms with Crippen molar-refractivity contribution in [2.75, 3.05) is 13.1 Å². The molecule has 2 heterocycles. The van der Waals surface area contributed by atoms with E-state index in [-0.39, 0.29) is 6.04 Å². The Balaban J connectivity index is 1.88. The highest BCUT2D eigenvalue weighted by molar-refractivity contribution is 9.10. The molecule has 3 nitrogen and oxygen atoms in total. The van der Waals surface area contributed by atoms with Gasteiger partial charge in [0.1, 0.15) is 5.76 Å². The first kappa shape index (κ1) is 11.2. The van der Waals surface area contributed by atoms with Crippen LogP contribution in [0, 0.1) is 0 Å². The van der Waals surface area contributed by atoms with Crippen LogP contribution in [0.4, 0.5) is 0 Å². The molecule has 15 heavy (non-hydrogen) atoms. The van der Waals surface area contributed by atoms with Crippen molar-refractivity contribution in [2.24, 2.45) is 0 Å². The van der Waals surface area contributed by atoms with Crippen LogP contribution in [0.25, 0.3) is 0 Å². The van der Waals surface area contributed by atoms with Crippen molar-refractivity contribution in [3.05, 3.63) is 22.6 Å². The van der Waals surface area contributed by atoms with Crippen LogP contribution in [0.2, 0.25) is 0 Å². The second-order valence-electron chi connectivity index (χ2n) is 4.04. The molecule has 1 aliphatic heterocycles. The van der Waals surface area contributed by atoms with Crippen LogP contribution in [0.15, 0.2) is 21.2 Å². The Labute approximate surface area is 98.9 Å². The molecule has 0 spiro atoms. The second kappa shape index (κ2) is 5.14. The third-order valence-corrected chi connectivity index (χ3v) is 3.18. The van der Waals surface area contributed by atoms with Gasteiger partial charge in [0, 0.05) is 13.1 Å². The third-order valence-electron chi connectivity index (χ3n) is 2.75. The second-order valence-corrected chi connectivity index (χ2v) is 4.82. The van der Waals surface area contributed by atoms with Crippen molar-refractivity contribution in [3.63, 3.8) is 0 Å². The van der Waals surface area contributed by atoms with Gasteiger partial charge < -0.3 is 4.42 Å². The Bertz CT molecular complexity index is 307. The zero-order chi connectivity index (χ0) is 10.7. The molecule has 84 valence electrons. The molecule has 0 radical (unpaired) electrons. The highest BCUT2D eigenvalue weighted by Crippen LogP contribution is 2.20.